The average molecular weight is 222 g/mol. The lowest BCUT2D eigenvalue weighted by Crippen LogP contribution is -2.33. The van der Waals surface area contributed by atoms with E-state index in [0.29, 0.717) is 13.1 Å². The standard InChI is InChI=1S/C13H22N2O/c1-10-4-5-12(11(2)6-10)8-15(3)9-13(16)7-14/h4-6,13,16H,7-9,14H2,1-3H3. The predicted octanol–water partition coefficient (Wildman–Crippen LogP) is 1.05. The zero-order valence-electron chi connectivity index (χ0n) is 10.4. The highest BCUT2D eigenvalue weighted by molar-refractivity contribution is 5.30. The van der Waals surface area contributed by atoms with Crippen molar-refractivity contribution < 1.29 is 5.11 Å². The van der Waals surface area contributed by atoms with Gasteiger partial charge in [-0.25, -0.2) is 0 Å². The maximum absolute atomic E-state index is 9.45. The van der Waals surface area contributed by atoms with Crippen LogP contribution in [0.1, 0.15) is 16.7 Å². The van der Waals surface area contributed by atoms with Gasteiger partial charge in [0.15, 0.2) is 0 Å². The summed E-state index contributed by atoms with van der Waals surface area (Å²) in [6.45, 7) is 6.00. The van der Waals surface area contributed by atoms with E-state index in [-0.39, 0.29) is 0 Å². The lowest BCUT2D eigenvalue weighted by molar-refractivity contribution is 0.129. The molecule has 3 heteroatoms. The Morgan fingerprint density at radius 3 is 2.62 bits per heavy atom. The number of hydrogen-bond donors (Lipinski definition) is 2. The van der Waals surface area contributed by atoms with Crippen LogP contribution in [0.3, 0.4) is 0 Å². The van der Waals surface area contributed by atoms with Crippen LogP contribution >= 0.6 is 0 Å². The maximum atomic E-state index is 9.45. The van der Waals surface area contributed by atoms with E-state index in [9.17, 15) is 5.11 Å². The topological polar surface area (TPSA) is 49.5 Å². The van der Waals surface area contributed by atoms with E-state index in [1.165, 1.54) is 16.7 Å². The highest BCUT2D eigenvalue weighted by Gasteiger charge is 2.07. The first-order chi connectivity index (χ1) is 7.52. The highest BCUT2D eigenvalue weighted by Crippen LogP contribution is 2.12. The zero-order valence-corrected chi connectivity index (χ0v) is 10.4. The fraction of sp³-hybridized carbons (Fsp3) is 0.538. The van der Waals surface area contributed by atoms with Gasteiger partial charge >= 0.3 is 0 Å². The van der Waals surface area contributed by atoms with Crippen LogP contribution in [0.5, 0.6) is 0 Å². The summed E-state index contributed by atoms with van der Waals surface area (Å²) in [5, 5.41) is 9.45. The van der Waals surface area contributed by atoms with Crippen LogP contribution < -0.4 is 5.73 Å². The van der Waals surface area contributed by atoms with Crippen molar-refractivity contribution in [3.63, 3.8) is 0 Å². The second-order valence-electron chi connectivity index (χ2n) is 4.52. The Morgan fingerprint density at radius 1 is 1.38 bits per heavy atom. The van der Waals surface area contributed by atoms with Crippen LogP contribution in [-0.2, 0) is 6.54 Å². The van der Waals surface area contributed by atoms with Crippen molar-refractivity contribution in [3.05, 3.63) is 34.9 Å². The van der Waals surface area contributed by atoms with Crippen LogP contribution in [0.15, 0.2) is 18.2 Å². The molecule has 0 amide bonds. The van der Waals surface area contributed by atoms with Crippen molar-refractivity contribution in [2.45, 2.75) is 26.5 Å². The van der Waals surface area contributed by atoms with Gasteiger partial charge in [0.25, 0.3) is 0 Å². The molecule has 0 aliphatic carbocycles. The molecule has 0 radical (unpaired) electrons. The molecule has 0 aromatic heterocycles. The molecule has 0 saturated carbocycles. The lowest BCUT2D eigenvalue weighted by Gasteiger charge is -2.20. The van der Waals surface area contributed by atoms with E-state index >= 15 is 0 Å². The first kappa shape index (κ1) is 13.2. The largest absolute Gasteiger partial charge is 0.390 e. The number of likely N-dealkylation sites (N-methyl/N-ethyl adjacent to an activating group) is 1. The van der Waals surface area contributed by atoms with Gasteiger partial charge in [-0.15, -0.1) is 0 Å². The van der Waals surface area contributed by atoms with Crippen molar-refractivity contribution in [1.82, 2.24) is 4.90 Å². The van der Waals surface area contributed by atoms with Gasteiger partial charge in [0.1, 0.15) is 0 Å². The van der Waals surface area contributed by atoms with E-state index in [2.05, 4.69) is 36.9 Å². The molecule has 1 unspecified atom stereocenters. The average Bonchev–Trinajstić information content (AvgIpc) is 2.22. The molecule has 0 bridgehead atoms. The fourth-order valence-corrected chi connectivity index (χ4v) is 1.81. The van der Waals surface area contributed by atoms with Gasteiger partial charge in [0.05, 0.1) is 6.10 Å². The third-order valence-electron chi connectivity index (χ3n) is 2.73. The summed E-state index contributed by atoms with van der Waals surface area (Å²) in [4.78, 5) is 2.09. The van der Waals surface area contributed by atoms with Crippen LogP contribution in [0.2, 0.25) is 0 Å². The summed E-state index contributed by atoms with van der Waals surface area (Å²) in [7, 11) is 2.00. The van der Waals surface area contributed by atoms with Gasteiger partial charge in [0, 0.05) is 19.6 Å². The summed E-state index contributed by atoms with van der Waals surface area (Å²) in [6, 6.07) is 6.45. The SMILES string of the molecule is Cc1ccc(CN(C)CC(O)CN)c(C)c1. The minimum Gasteiger partial charge on any atom is -0.390 e. The molecule has 90 valence electrons. The van der Waals surface area contributed by atoms with E-state index in [0.717, 1.165) is 6.54 Å². The normalized spacial score (nSPS) is 13.1. The number of nitrogens with two attached hydrogens (primary N) is 1. The quantitative estimate of drug-likeness (QED) is 0.783. The Kier molecular flexibility index (Phi) is 4.93. The summed E-state index contributed by atoms with van der Waals surface area (Å²) in [5.41, 5.74) is 9.27. The van der Waals surface area contributed by atoms with E-state index in [1.54, 1.807) is 0 Å². The molecule has 1 aromatic carbocycles. The molecule has 0 aliphatic rings. The summed E-state index contributed by atoms with van der Waals surface area (Å²) in [5.74, 6) is 0. The third kappa shape index (κ3) is 3.93. The minimum absolute atomic E-state index is 0.317. The van der Waals surface area contributed by atoms with E-state index < -0.39 is 6.10 Å². The Hall–Kier alpha value is -0.900. The Labute approximate surface area is 97.9 Å². The van der Waals surface area contributed by atoms with Crippen molar-refractivity contribution >= 4 is 0 Å². The number of aliphatic hydroxyl groups excluding tert-OH is 1. The van der Waals surface area contributed by atoms with E-state index in [4.69, 9.17) is 5.73 Å². The molecule has 0 saturated heterocycles. The number of hydrogen-bond acceptors (Lipinski definition) is 3. The van der Waals surface area contributed by atoms with Gasteiger partial charge in [-0.05, 0) is 32.0 Å². The van der Waals surface area contributed by atoms with Gasteiger partial charge in [-0.1, -0.05) is 23.8 Å². The smallest absolute Gasteiger partial charge is 0.0789 e. The molecule has 0 heterocycles. The predicted molar refractivity (Wildman–Crippen MR) is 67.3 cm³/mol. The number of aliphatic hydroxyl groups is 1. The number of aryl methyl sites for hydroxylation is 2. The first-order valence-corrected chi connectivity index (χ1v) is 5.65. The Morgan fingerprint density at radius 2 is 2.06 bits per heavy atom. The molecule has 1 atom stereocenters. The Bertz CT molecular complexity index is 339. The van der Waals surface area contributed by atoms with Crippen molar-refractivity contribution in [2.75, 3.05) is 20.1 Å². The van der Waals surface area contributed by atoms with Gasteiger partial charge in [0.2, 0.25) is 0 Å². The van der Waals surface area contributed by atoms with Gasteiger partial charge in [-0.2, -0.15) is 0 Å². The number of rotatable bonds is 5. The molecule has 0 aliphatic heterocycles. The van der Waals surface area contributed by atoms with E-state index in [1.807, 2.05) is 7.05 Å². The molecule has 3 nitrogen and oxygen atoms in total. The molecule has 0 fully saturated rings. The monoisotopic (exact) mass is 222 g/mol. The molecular weight excluding hydrogens is 200 g/mol. The number of nitrogens with zero attached hydrogens (tertiary/aromatic N) is 1. The lowest BCUT2D eigenvalue weighted by atomic mass is 10.1. The molecule has 1 rings (SSSR count). The van der Waals surface area contributed by atoms with Gasteiger partial charge < -0.3 is 10.8 Å². The van der Waals surface area contributed by atoms with Crippen molar-refractivity contribution in [1.29, 1.82) is 0 Å². The van der Waals surface area contributed by atoms with Crippen LogP contribution in [-0.4, -0.2) is 36.2 Å². The maximum Gasteiger partial charge on any atom is 0.0789 e. The number of benzene rings is 1. The second-order valence-corrected chi connectivity index (χ2v) is 4.52. The molecular formula is C13H22N2O. The Balaban J connectivity index is 2.59. The summed E-state index contributed by atoms with van der Waals surface area (Å²) >= 11 is 0. The summed E-state index contributed by atoms with van der Waals surface area (Å²) in [6.07, 6.45) is -0.434. The zero-order chi connectivity index (χ0) is 12.1. The molecule has 16 heavy (non-hydrogen) atoms. The van der Waals surface area contributed by atoms with Crippen LogP contribution in [0.4, 0.5) is 0 Å². The van der Waals surface area contributed by atoms with Crippen molar-refractivity contribution in [2.24, 2.45) is 5.73 Å². The molecule has 3 N–H and O–H groups in total. The highest BCUT2D eigenvalue weighted by atomic mass is 16.3. The van der Waals surface area contributed by atoms with Crippen LogP contribution in [0.25, 0.3) is 0 Å². The van der Waals surface area contributed by atoms with Gasteiger partial charge in [-0.3, -0.25) is 4.90 Å². The van der Waals surface area contributed by atoms with Crippen LogP contribution in [0, 0.1) is 13.8 Å². The minimum atomic E-state index is -0.434. The fourth-order valence-electron chi connectivity index (χ4n) is 1.81. The molecule has 0 spiro atoms. The second kappa shape index (κ2) is 5.99. The third-order valence-corrected chi connectivity index (χ3v) is 2.73. The first-order valence-electron chi connectivity index (χ1n) is 5.65. The van der Waals surface area contributed by atoms with Crippen molar-refractivity contribution in [3.8, 4) is 0 Å². The summed E-state index contributed by atoms with van der Waals surface area (Å²) < 4.78 is 0. The molecule has 1 aromatic rings.